The van der Waals surface area contributed by atoms with Crippen molar-refractivity contribution in [2.24, 2.45) is 5.73 Å². The van der Waals surface area contributed by atoms with E-state index < -0.39 is 0 Å². The zero-order valence-electron chi connectivity index (χ0n) is 9.59. The Labute approximate surface area is 101 Å². The topological polar surface area (TPSA) is 26.0 Å². The molecule has 1 nitrogen and oxygen atoms in total. The van der Waals surface area contributed by atoms with Crippen LogP contribution in [0, 0.1) is 0 Å². The summed E-state index contributed by atoms with van der Waals surface area (Å²) in [6.07, 6.45) is 4.75. The maximum atomic E-state index is 6.35. The molecule has 1 rings (SSSR count). The quantitative estimate of drug-likeness (QED) is 0.797. The van der Waals surface area contributed by atoms with Crippen molar-refractivity contribution in [3.05, 3.63) is 34.3 Å². The van der Waals surface area contributed by atoms with Crippen LogP contribution in [0.5, 0.6) is 0 Å². The molecule has 0 bridgehead atoms. The molecule has 1 unspecified atom stereocenters. The first-order valence-electron chi connectivity index (χ1n) is 5.62. The van der Waals surface area contributed by atoms with Crippen molar-refractivity contribution in [2.45, 2.75) is 45.1 Å². The largest absolute Gasteiger partial charge is 0.322 e. The van der Waals surface area contributed by atoms with E-state index in [4.69, 9.17) is 5.73 Å². The van der Waals surface area contributed by atoms with Crippen LogP contribution in [0.25, 0.3) is 0 Å². The van der Waals surface area contributed by atoms with Crippen LogP contribution < -0.4 is 5.73 Å². The van der Waals surface area contributed by atoms with E-state index in [0.29, 0.717) is 0 Å². The number of hydrogen-bond donors (Lipinski definition) is 1. The van der Waals surface area contributed by atoms with Crippen LogP contribution in [0.1, 0.15) is 45.1 Å². The summed E-state index contributed by atoms with van der Waals surface area (Å²) in [5, 5.41) is 0. The molecule has 0 aromatic heterocycles. The Morgan fingerprint density at radius 2 is 1.93 bits per heavy atom. The van der Waals surface area contributed by atoms with Gasteiger partial charge in [-0.25, -0.2) is 0 Å². The van der Waals surface area contributed by atoms with Gasteiger partial charge in [-0.15, -0.1) is 0 Å². The van der Waals surface area contributed by atoms with E-state index in [1.165, 1.54) is 24.8 Å². The van der Waals surface area contributed by atoms with E-state index in [-0.39, 0.29) is 5.54 Å². The van der Waals surface area contributed by atoms with Gasteiger partial charge in [0.05, 0.1) is 0 Å². The minimum Gasteiger partial charge on any atom is -0.322 e. The summed E-state index contributed by atoms with van der Waals surface area (Å²) in [5.41, 5.74) is 7.35. The Hall–Kier alpha value is -0.340. The fourth-order valence-electron chi connectivity index (χ4n) is 1.80. The molecule has 2 N–H and O–H groups in total. The van der Waals surface area contributed by atoms with Crippen molar-refractivity contribution in [2.75, 3.05) is 0 Å². The molecule has 1 aromatic rings. The van der Waals surface area contributed by atoms with Gasteiger partial charge in [-0.2, -0.15) is 0 Å². The zero-order chi connectivity index (χ0) is 11.3. The number of rotatable bonds is 5. The smallest absolute Gasteiger partial charge is 0.0392 e. The number of nitrogens with two attached hydrogens (primary N) is 1. The lowest BCUT2D eigenvalue weighted by molar-refractivity contribution is 0.425. The normalized spacial score (nSPS) is 14.9. The minimum absolute atomic E-state index is 0.213. The molecular weight excluding hydrogens is 250 g/mol. The molecule has 0 aliphatic heterocycles. The van der Waals surface area contributed by atoms with Crippen molar-refractivity contribution in [1.29, 1.82) is 0 Å². The molecule has 0 amide bonds. The third kappa shape index (κ3) is 3.62. The Bertz CT molecular complexity index is 307. The lowest BCUT2D eigenvalue weighted by atomic mass is 9.88. The molecular formula is C13H20BrN. The molecule has 84 valence electrons. The summed E-state index contributed by atoms with van der Waals surface area (Å²) in [6, 6.07) is 8.23. The van der Waals surface area contributed by atoms with Gasteiger partial charge in [0.2, 0.25) is 0 Å². The van der Waals surface area contributed by atoms with Crippen LogP contribution >= 0.6 is 15.9 Å². The minimum atomic E-state index is -0.213. The molecule has 2 heteroatoms. The SMILES string of the molecule is CCCCCC(C)(N)c1ccccc1Br. The predicted octanol–water partition coefficient (Wildman–Crippen LogP) is 4.20. The van der Waals surface area contributed by atoms with Gasteiger partial charge in [0.1, 0.15) is 0 Å². The maximum absolute atomic E-state index is 6.35. The Kier molecular flexibility index (Phi) is 4.81. The second kappa shape index (κ2) is 5.66. The van der Waals surface area contributed by atoms with Crippen molar-refractivity contribution < 1.29 is 0 Å². The van der Waals surface area contributed by atoms with Crippen molar-refractivity contribution >= 4 is 15.9 Å². The average Bonchev–Trinajstić information content (AvgIpc) is 2.18. The van der Waals surface area contributed by atoms with Crippen LogP contribution in [-0.4, -0.2) is 0 Å². The molecule has 1 aromatic carbocycles. The van der Waals surface area contributed by atoms with Crippen molar-refractivity contribution in [1.82, 2.24) is 0 Å². The fraction of sp³-hybridized carbons (Fsp3) is 0.538. The molecule has 0 saturated heterocycles. The maximum Gasteiger partial charge on any atom is 0.0392 e. The molecule has 0 aliphatic rings. The van der Waals surface area contributed by atoms with Gasteiger partial charge in [0.15, 0.2) is 0 Å². The number of benzene rings is 1. The summed E-state index contributed by atoms with van der Waals surface area (Å²) in [6.45, 7) is 4.33. The Balaban J connectivity index is 2.72. The number of hydrogen-bond acceptors (Lipinski definition) is 1. The summed E-state index contributed by atoms with van der Waals surface area (Å²) in [4.78, 5) is 0. The molecule has 0 aliphatic carbocycles. The van der Waals surface area contributed by atoms with Crippen LogP contribution in [-0.2, 0) is 5.54 Å². The first-order chi connectivity index (χ1) is 7.08. The molecule has 1 atom stereocenters. The Morgan fingerprint density at radius 3 is 2.53 bits per heavy atom. The van der Waals surface area contributed by atoms with Gasteiger partial charge in [0.25, 0.3) is 0 Å². The van der Waals surface area contributed by atoms with E-state index in [0.717, 1.165) is 10.9 Å². The highest BCUT2D eigenvalue weighted by Crippen LogP contribution is 2.30. The van der Waals surface area contributed by atoms with E-state index in [9.17, 15) is 0 Å². The molecule has 0 heterocycles. The number of unbranched alkanes of at least 4 members (excludes halogenated alkanes) is 2. The highest BCUT2D eigenvalue weighted by Gasteiger charge is 2.22. The zero-order valence-corrected chi connectivity index (χ0v) is 11.2. The summed E-state index contributed by atoms with van der Waals surface area (Å²) < 4.78 is 1.12. The predicted molar refractivity (Wildman–Crippen MR) is 69.8 cm³/mol. The molecule has 0 radical (unpaired) electrons. The van der Waals surface area contributed by atoms with E-state index in [2.05, 4.69) is 41.9 Å². The molecule has 0 saturated carbocycles. The second-order valence-corrected chi connectivity index (χ2v) is 5.21. The second-order valence-electron chi connectivity index (χ2n) is 4.35. The molecule has 0 fully saturated rings. The highest BCUT2D eigenvalue weighted by molar-refractivity contribution is 9.10. The number of halogens is 1. The van der Waals surface area contributed by atoms with E-state index in [1.807, 2.05) is 12.1 Å². The lowest BCUT2D eigenvalue weighted by Gasteiger charge is -2.26. The van der Waals surface area contributed by atoms with Crippen molar-refractivity contribution in [3.8, 4) is 0 Å². The van der Waals surface area contributed by atoms with Gasteiger partial charge in [-0.3, -0.25) is 0 Å². The van der Waals surface area contributed by atoms with E-state index >= 15 is 0 Å². The van der Waals surface area contributed by atoms with Crippen molar-refractivity contribution in [3.63, 3.8) is 0 Å². The first-order valence-corrected chi connectivity index (χ1v) is 6.41. The van der Waals surface area contributed by atoms with E-state index in [1.54, 1.807) is 0 Å². The molecule has 0 spiro atoms. The standard InChI is InChI=1S/C13H20BrN/c1-3-4-7-10-13(2,15)11-8-5-6-9-12(11)14/h5-6,8-9H,3-4,7,10,15H2,1-2H3. The highest BCUT2D eigenvalue weighted by atomic mass is 79.9. The molecule has 15 heavy (non-hydrogen) atoms. The van der Waals surface area contributed by atoms with Crippen LogP contribution in [0.15, 0.2) is 28.7 Å². The van der Waals surface area contributed by atoms with Gasteiger partial charge in [0, 0.05) is 10.0 Å². The summed E-state index contributed by atoms with van der Waals surface area (Å²) >= 11 is 3.56. The summed E-state index contributed by atoms with van der Waals surface area (Å²) in [5.74, 6) is 0. The monoisotopic (exact) mass is 269 g/mol. The van der Waals surface area contributed by atoms with Gasteiger partial charge in [-0.05, 0) is 25.0 Å². The van der Waals surface area contributed by atoms with Gasteiger partial charge in [-0.1, -0.05) is 60.3 Å². The fourth-order valence-corrected chi connectivity index (χ4v) is 2.54. The van der Waals surface area contributed by atoms with Crippen LogP contribution in [0.2, 0.25) is 0 Å². The Morgan fingerprint density at radius 1 is 1.27 bits per heavy atom. The van der Waals surface area contributed by atoms with Crippen LogP contribution in [0.3, 0.4) is 0 Å². The summed E-state index contributed by atoms with van der Waals surface area (Å²) in [7, 11) is 0. The van der Waals surface area contributed by atoms with Gasteiger partial charge < -0.3 is 5.73 Å². The van der Waals surface area contributed by atoms with Crippen LogP contribution in [0.4, 0.5) is 0 Å². The first kappa shape index (κ1) is 12.7. The van der Waals surface area contributed by atoms with Gasteiger partial charge >= 0.3 is 0 Å². The average molecular weight is 270 g/mol. The lowest BCUT2D eigenvalue weighted by Crippen LogP contribution is -2.33. The third-order valence-electron chi connectivity index (χ3n) is 2.79. The third-order valence-corrected chi connectivity index (χ3v) is 3.48.